The van der Waals surface area contributed by atoms with E-state index >= 15 is 0 Å². The molecule has 0 aliphatic carbocycles. The van der Waals surface area contributed by atoms with Crippen molar-refractivity contribution in [1.82, 2.24) is 24.3 Å². The molecule has 0 spiro atoms. The zero-order valence-electron chi connectivity index (χ0n) is 47.1. The smallest absolute Gasteiger partial charge is 0.225 e. The molecule has 402 valence electrons. The van der Waals surface area contributed by atoms with Gasteiger partial charge in [0.05, 0.1) is 17.4 Å². The van der Waals surface area contributed by atoms with Crippen LogP contribution in [0.2, 0.25) is 0 Å². The van der Waals surface area contributed by atoms with Crippen LogP contribution >= 0.6 is 0 Å². The van der Waals surface area contributed by atoms with Crippen LogP contribution in [0.25, 0.3) is 21.9 Å². The molecule has 0 radical (unpaired) electrons. The van der Waals surface area contributed by atoms with Gasteiger partial charge < -0.3 is 19.7 Å². The van der Waals surface area contributed by atoms with Crippen LogP contribution in [0.4, 0.5) is 5.82 Å². The first-order chi connectivity index (χ1) is 34.5. The molecular weight excluding hydrogens is 857 g/mol. The Bertz CT molecular complexity index is 1650. The van der Waals surface area contributed by atoms with Crippen molar-refractivity contribution in [2.24, 2.45) is 5.92 Å². The van der Waals surface area contributed by atoms with Gasteiger partial charge in [-0.25, -0.2) is 9.97 Å². The molecule has 3 aromatic rings. The Balaban J connectivity index is 1.32. The van der Waals surface area contributed by atoms with Crippen LogP contribution in [0.15, 0.2) is 30.6 Å². The van der Waals surface area contributed by atoms with Crippen molar-refractivity contribution in [3.63, 3.8) is 0 Å². The van der Waals surface area contributed by atoms with Crippen molar-refractivity contribution >= 4 is 33.7 Å². The van der Waals surface area contributed by atoms with Crippen LogP contribution < -0.4 is 5.32 Å². The van der Waals surface area contributed by atoms with Gasteiger partial charge in [0.2, 0.25) is 5.91 Å². The minimum Gasteiger partial charge on any atom is -0.330 e. The summed E-state index contributed by atoms with van der Waals surface area (Å²) in [6, 6.07) is 8.22. The SMILES string of the molecule is CCCCCCCCCCCCCCCCCCCN(CC)CCCN(CCCCCCCCCCCCCCCCCCC)CCCCCC(=O)Nc1nc2ccccc2c2c1ncn2CC(C)C. The molecule has 0 bridgehead atoms. The minimum atomic E-state index is 0.0436. The standard InChI is InChI=1S/C63H114N6O/c1-6-9-11-13-15-17-19-21-23-25-27-29-31-33-35-37-43-50-67(8-3)53-46-54-68(51-44-38-36-34-32-30-28-26-24-22-20-18-16-14-12-10-7-2)52-45-39-40-49-60(70)66-63-61-62(69(56-64-61)55-57(4)5)58-47-41-42-48-59(58)65-63/h41-42,47-48,56-57H,6-40,43-46,49-55H2,1-5H3,(H,65,66,70). The summed E-state index contributed by atoms with van der Waals surface area (Å²) < 4.78 is 2.22. The first-order valence-electron chi connectivity index (χ1n) is 30.9. The quantitative estimate of drug-likeness (QED) is 0.0571. The fourth-order valence-electron chi connectivity index (χ4n) is 10.8. The molecule has 0 saturated carbocycles. The Kier molecular flexibility index (Phi) is 37.9. The molecule has 0 fully saturated rings. The number of pyridine rings is 1. The summed E-state index contributed by atoms with van der Waals surface area (Å²) in [7, 11) is 0. The monoisotopic (exact) mass is 971 g/mol. The lowest BCUT2D eigenvalue weighted by atomic mass is 10.0. The molecule has 0 aliphatic heterocycles. The van der Waals surface area contributed by atoms with Crippen molar-refractivity contribution in [3.8, 4) is 0 Å². The van der Waals surface area contributed by atoms with Gasteiger partial charge >= 0.3 is 0 Å². The van der Waals surface area contributed by atoms with E-state index in [1.165, 1.54) is 257 Å². The molecule has 2 aromatic heterocycles. The predicted molar refractivity (Wildman–Crippen MR) is 308 cm³/mol. The highest BCUT2D eigenvalue weighted by Crippen LogP contribution is 2.29. The minimum absolute atomic E-state index is 0.0436. The van der Waals surface area contributed by atoms with Crippen LogP contribution in [-0.4, -0.2) is 69.5 Å². The Hall–Kier alpha value is -2.51. The number of unbranched alkanes of at least 4 members (excludes halogenated alkanes) is 34. The van der Waals surface area contributed by atoms with Crippen LogP contribution in [0.1, 0.15) is 285 Å². The summed E-state index contributed by atoms with van der Waals surface area (Å²) in [5.41, 5.74) is 2.74. The van der Waals surface area contributed by atoms with E-state index in [0.29, 0.717) is 18.2 Å². The van der Waals surface area contributed by atoms with Crippen LogP contribution in [0.5, 0.6) is 0 Å². The van der Waals surface area contributed by atoms with E-state index in [-0.39, 0.29) is 5.91 Å². The largest absolute Gasteiger partial charge is 0.330 e. The van der Waals surface area contributed by atoms with Gasteiger partial charge in [-0.3, -0.25) is 4.79 Å². The third-order valence-electron chi connectivity index (χ3n) is 15.2. The van der Waals surface area contributed by atoms with E-state index in [0.717, 1.165) is 54.3 Å². The molecule has 0 unspecified atom stereocenters. The molecule has 70 heavy (non-hydrogen) atoms. The van der Waals surface area contributed by atoms with Crippen molar-refractivity contribution in [1.29, 1.82) is 0 Å². The molecule has 0 saturated heterocycles. The number of hydrogen-bond donors (Lipinski definition) is 1. The third kappa shape index (κ3) is 29.9. The summed E-state index contributed by atoms with van der Waals surface area (Å²) >= 11 is 0. The number of anilines is 1. The Morgan fingerprint density at radius 2 is 0.886 bits per heavy atom. The first-order valence-corrected chi connectivity index (χ1v) is 30.9. The van der Waals surface area contributed by atoms with E-state index in [4.69, 9.17) is 9.97 Å². The lowest BCUT2D eigenvalue weighted by Gasteiger charge is -2.25. The number of nitrogens with one attached hydrogen (secondary N) is 1. The number of benzene rings is 1. The highest BCUT2D eigenvalue weighted by atomic mass is 16.1. The normalized spacial score (nSPS) is 12.0. The van der Waals surface area contributed by atoms with Crippen LogP contribution in [0.3, 0.4) is 0 Å². The predicted octanol–water partition coefficient (Wildman–Crippen LogP) is 19.1. The molecule has 3 rings (SSSR count). The van der Waals surface area contributed by atoms with Gasteiger partial charge in [0.25, 0.3) is 0 Å². The fraction of sp³-hybridized carbons (Fsp3) is 0.825. The van der Waals surface area contributed by atoms with Gasteiger partial charge in [-0.2, -0.15) is 0 Å². The fourth-order valence-corrected chi connectivity index (χ4v) is 10.8. The Labute approximate surface area is 433 Å². The molecule has 2 heterocycles. The van der Waals surface area contributed by atoms with Gasteiger partial charge in [-0.1, -0.05) is 265 Å². The molecule has 1 amide bonds. The Morgan fingerprint density at radius 1 is 0.500 bits per heavy atom. The molecule has 7 heteroatoms. The van der Waals surface area contributed by atoms with Gasteiger partial charge in [0, 0.05) is 18.4 Å². The molecule has 0 aliphatic rings. The average molecular weight is 972 g/mol. The second-order valence-electron chi connectivity index (χ2n) is 22.3. The van der Waals surface area contributed by atoms with E-state index in [2.05, 4.69) is 66.4 Å². The van der Waals surface area contributed by atoms with Crippen molar-refractivity contribution in [3.05, 3.63) is 30.6 Å². The van der Waals surface area contributed by atoms with Crippen molar-refractivity contribution in [2.75, 3.05) is 44.6 Å². The molecule has 1 aromatic carbocycles. The Morgan fingerprint density at radius 3 is 1.33 bits per heavy atom. The lowest BCUT2D eigenvalue weighted by Crippen LogP contribution is -2.32. The molecule has 0 atom stereocenters. The highest BCUT2D eigenvalue weighted by Gasteiger charge is 2.17. The summed E-state index contributed by atoms with van der Waals surface area (Å²) in [4.78, 5) is 28.4. The second kappa shape index (κ2) is 42.9. The van der Waals surface area contributed by atoms with Crippen LogP contribution in [-0.2, 0) is 11.3 Å². The summed E-state index contributed by atoms with van der Waals surface area (Å²) in [6.45, 7) is 19.5. The zero-order valence-corrected chi connectivity index (χ0v) is 47.1. The number of para-hydroxylation sites is 1. The van der Waals surface area contributed by atoms with Gasteiger partial charge in [0.15, 0.2) is 5.82 Å². The first kappa shape index (κ1) is 61.8. The molecule has 1 N–H and O–H groups in total. The summed E-state index contributed by atoms with van der Waals surface area (Å²) in [5.74, 6) is 1.13. The number of carbonyl (C=O) groups excluding carboxylic acids is 1. The third-order valence-corrected chi connectivity index (χ3v) is 15.2. The molecular formula is C63H114N6O. The number of hydrogen-bond acceptors (Lipinski definition) is 5. The van der Waals surface area contributed by atoms with Gasteiger partial charge in [-0.05, 0) is 83.4 Å². The van der Waals surface area contributed by atoms with E-state index in [1.807, 2.05) is 18.5 Å². The zero-order chi connectivity index (χ0) is 50.0. The van der Waals surface area contributed by atoms with E-state index in [1.54, 1.807) is 0 Å². The summed E-state index contributed by atoms with van der Waals surface area (Å²) in [6.07, 6.45) is 55.4. The topological polar surface area (TPSA) is 66.3 Å². The maximum atomic E-state index is 13.3. The van der Waals surface area contributed by atoms with Crippen molar-refractivity contribution in [2.45, 2.75) is 292 Å². The number of nitrogens with zero attached hydrogens (tertiary/aromatic N) is 5. The van der Waals surface area contributed by atoms with Crippen molar-refractivity contribution < 1.29 is 4.79 Å². The highest BCUT2D eigenvalue weighted by molar-refractivity contribution is 6.09. The van der Waals surface area contributed by atoms with E-state index in [9.17, 15) is 4.79 Å². The number of aromatic nitrogens is 3. The number of carbonyl (C=O) groups is 1. The number of imidazole rings is 1. The molecule has 7 nitrogen and oxygen atoms in total. The maximum Gasteiger partial charge on any atom is 0.225 e. The second-order valence-corrected chi connectivity index (χ2v) is 22.3. The van der Waals surface area contributed by atoms with E-state index < -0.39 is 0 Å². The summed E-state index contributed by atoms with van der Waals surface area (Å²) in [5, 5.41) is 4.25. The van der Waals surface area contributed by atoms with Gasteiger partial charge in [0.1, 0.15) is 5.52 Å². The number of rotatable bonds is 50. The number of amides is 1. The lowest BCUT2D eigenvalue weighted by molar-refractivity contribution is -0.116. The average Bonchev–Trinajstić information content (AvgIpc) is 3.78. The van der Waals surface area contributed by atoms with Gasteiger partial charge in [-0.15, -0.1) is 0 Å². The van der Waals surface area contributed by atoms with Crippen LogP contribution in [0, 0.1) is 5.92 Å². The number of fused-ring (bicyclic) bond motifs is 3. The maximum absolute atomic E-state index is 13.3.